The van der Waals surface area contributed by atoms with E-state index in [0.717, 1.165) is 56.6 Å². The summed E-state index contributed by atoms with van der Waals surface area (Å²) < 4.78 is 16.8. The number of likely N-dealkylation sites (tertiary alicyclic amines) is 1. The lowest BCUT2D eigenvalue weighted by Crippen LogP contribution is -2.48. The highest BCUT2D eigenvalue weighted by Gasteiger charge is 2.51. The molecular formula is C22H33NO4. The highest BCUT2D eigenvalue weighted by atomic mass is 16.5. The Labute approximate surface area is 163 Å². The molecule has 1 saturated heterocycles. The molecule has 5 nitrogen and oxygen atoms in total. The van der Waals surface area contributed by atoms with Gasteiger partial charge in [0.25, 0.3) is 0 Å². The van der Waals surface area contributed by atoms with Crippen LogP contribution in [0.15, 0.2) is 18.2 Å². The molecule has 1 aliphatic heterocycles. The molecule has 5 heteroatoms. The number of fused-ring (bicyclic) bond motifs is 1. The van der Waals surface area contributed by atoms with Crippen LogP contribution in [0.4, 0.5) is 0 Å². The molecule has 2 fully saturated rings. The highest BCUT2D eigenvalue weighted by molar-refractivity contribution is 5.69. The minimum Gasteiger partial charge on any atom is -0.493 e. The lowest BCUT2D eigenvalue weighted by atomic mass is 9.65. The molecule has 3 atom stereocenters. The quantitative estimate of drug-likeness (QED) is 0.676. The maximum absolute atomic E-state index is 12.1. The van der Waals surface area contributed by atoms with Crippen molar-refractivity contribution in [1.29, 1.82) is 0 Å². The molecule has 0 N–H and O–H groups in total. The molecule has 1 aromatic rings. The molecule has 0 radical (unpaired) electrons. The standard InChI is InChI=1S/C22H33NO4/c1-5-6-7-21(24)27-17-10-11-22(12-13-23(2)20(22)15-17)16-8-9-18(25-3)19(14-16)26-4/h8-9,14,17,20H,5-7,10-13,15H2,1-4H3. The van der Waals surface area contributed by atoms with E-state index in [-0.39, 0.29) is 17.5 Å². The number of ether oxygens (including phenoxy) is 3. The third kappa shape index (κ3) is 3.93. The Morgan fingerprint density at radius 1 is 1.22 bits per heavy atom. The van der Waals surface area contributed by atoms with E-state index in [0.29, 0.717) is 12.5 Å². The van der Waals surface area contributed by atoms with E-state index in [1.165, 1.54) is 5.56 Å². The molecule has 1 heterocycles. The van der Waals surface area contributed by atoms with Crippen LogP contribution in [-0.4, -0.2) is 50.8 Å². The minimum absolute atomic E-state index is 0.0353. The summed E-state index contributed by atoms with van der Waals surface area (Å²) in [6.07, 6.45) is 6.49. The summed E-state index contributed by atoms with van der Waals surface area (Å²) in [6, 6.07) is 6.71. The van der Waals surface area contributed by atoms with Crippen molar-refractivity contribution in [3.63, 3.8) is 0 Å². The predicted octanol–water partition coefficient (Wildman–Crippen LogP) is 3.93. The summed E-state index contributed by atoms with van der Waals surface area (Å²) in [5, 5.41) is 0. The van der Waals surface area contributed by atoms with Gasteiger partial charge in [-0.05, 0) is 57.0 Å². The number of carbonyl (C=O) groups excluding carboxylic acids is 1. The van der Waals surface area contributed by atoms with Crippen LogP contribution in [0.25, 0.3) is 0 Å². The van der Waals surface area contributed by atoms with Crippen molar-refractivity contribution >= 4 is 5.97 Å². The molecule has 1 aromatic carbocycles. The van der Waals surface area contributed by atoms with Gasteiger partial charge in [-0.1, -0.05) is 19.4 Å². The van der Waals surface area contributed by atoms with Crippen molar-refractivity contribution in [3.05, 3.63) is 23.8 Å². The van der Waals surface area contributed by atoms with Crippen molar-refractivity contribution in [2.45, 2.75) is 69.4 Å². The third-order valence-corrected chi connectivity index (χ3v) is 6.47. The molecule has 27 heavy (non-hydrogen) atoms. The fourth-order valence-electron chi connectivity index (χ4n) is 4.90. The second kappa shape index (κ2) is 8.51. The van der Waals surface area contributed by atoms with Crippen LogP contribution in [0.2, 0.25) is 0 Å². The van der Waals surface area contributed by atoms with Crippen molar-refractivity contribution in [3.8, 4) is 11.5 Å². The number of hydrogen-bond acceptors (Lipinski definition) is 5. The summed E-state index contributed by atoms with van der Waals surface area (Å²) in [4.78, 5) is 14.5. The monoisotopic (exact) mass is 375 g/mol. The molecule has 0 amide bonds. The SMILES string of the molecule is CCCCC(=O)OC1CCC2(c3ccc(OC)c(OC)c3)CCN(C)C2C1. The van der Waals surface area contributed by atoms with Gasteiger partial charge >= 0.3 is 5.97 Å². The maximum atomic E-state index is 12.1. The Morgan fingerprint density at radius 3 is 2.70 bits per heavy atom. The van der Waals surface area contributed by atoms with E-state index in [4.69, 9.17) is 14.2 Å². The Morgan fingerprint density at radius 2 is 2.00 bits per heavy atom. The normalized spacial score (nSPS) is 27.9. The molecule has 150 valence electrons. The van der Waals surface area contributed by atoms with Gasteiger partial charge in [-0.2, -0.15) is 0 Å². The number of rotatable bonds is 7. The second-order valence-corrected chi connectivity index (χ2v) is 7.96. The number of hydrogen-bond donors (Lipinski definition) is 0. The molecule has 0 bridgehead atoms. The number of nitrogens with zero attached hydrogens (tertiary/aromatic N) is 1. The topological polar surface area (TPSA) is 48.0 Å². The van der Waals surface area contributed by atoms with E-state index >= 15 is 0 Å². The van der Waals surface area contributed by atoms with Crippen LogP contribution in [0.1, 0.15) is 57.4 Å². The number of unbranched alkanes of at least 4 members (excludes halogenated alkanes) is 1. The lowest BCUT2D eigenvalue weighted by Gasteiger charge is -2.44. The lowest BCUT2D eigenvalue weighted by molar-refractivity contribution is -0.152. The zero-order chi connectivity index (χ0) is 19.4. The van der Waals surface area contributed by atoms with Crippen LogP contribution in [0, 0.1) is 0 Å². The van der Waals surface area contributed by atoms with Gasteiger partial charge < -0.3 is 19.1 Å². The Hall–Kier alpha value is -1.75. The molecule has 1 saturated carbocycles. The molecule has 0 aromatic heterocycles. The predicted molar refractivity (Wildman–Crippen MR) is 106 cm³/mol. The van der Waals surface area contributed by atoms with E-state index in [1.54, 1.807) is 14.2 Å². The fraction of sp³-hybridized carbons (Fsp3) is 0.682. The van der Waals surface area contributed by atoms with Crippen molar-refractivity contribution < 1.29 is 19.0 Å². The summed E-state index contributed by atoms with van der Waals surface area (Å²) >= 11 is 0. The van der Waals surface area contributed by atoms with Gasteiger partial charge in [-0.15, -0.1) is 0 Å². The van der Waals surface area contributed by atoms with Crippen molar-refractivity contribution in [1.82, 2.24) is 4.90 Å². The minimum atomic E-state index is -0.0406. The van der Waals surface area contributed by atoms with E-state index in [9.17, 15) is 4.79 Å². The summed E-state index contributed by atoms with van der Waals surface area (Å²) in [6.45, 7) is 3.16. The summed E-state index contributed by atoms with van der Waals surface area (Å²) in [7, 11) is 5.54. The van der Waals surface area contributed by atoms with E-state index < -0.39 is 0 Å². The van der Waals surface area contributed by atoms with Gasteiger partial charge in [0.2, 0.25) is 0 Å². The first kappa shape index (κ1) is 20.0. The van der Waals surface area contributed by atoms with Gasteiger partial charge in [-0.3, -0.25) is 4.79 Å². The van der Waals surface area contributed by atoms with Gasteiger partial charge in [0.15, 0.2) is 11.5 Å². The first-order valence-electron chi connectivity index (χ1n) is 10.2. The van der Waals surface area contributed by atoms with Gasteiger partial charge in [0, 0.05) is 24.3 Å². The number of likely N-dealkylation sites (N-methyl/N-ethyl adjacent to an activating group) is 1. The van der Waals surface area contributed by atoms with Crippen molar-refractivity contribution in [2.24, 2.45) is 0 Å². The smallest absolute Gasteiger partial charge is 0.306 e. The second-order valence-electron chi connectivity index (χ2n) is 7.96. The van der Waals surface area contributed by atoms with Crippen LogP contribution in [-0.2, 0) is 14.9 Å². The Kier molecular flexibility index (Phi) is 6.30. The third-order valence-electron chi connectivity index (χ3n) is 6.47. The van der Waals surface area contributed by atoms with Gasteiger partial charge in [0.1, 0.15) is 6.10 Å². The molecule has 1 aliphatic carbocycles. The van der Waals surface area contributed by atoms with Crippen LogP contribution < -0.4 is 9.47 Å². The number of methoxy groups -OCH3 is 2. The van der Waals surface area contributed by atoms with E-state index in [2.05, 4.69) is 31.0 Å². The summed E-state index contributed by atoms with van der Waals surface area (Å²) in [5.41, 5.74) is 1.41. The summed E-state index contributed by atoms with van der Waals surface area (Å²) in [5.74, 6) is 1.51. The van der Waals surface area contributed by atoms with Gasteiger partial charge in [-0.25, -0.2) is 0 Å². The van der Waals surface area contributed by atoms with Crippen LogP contribution in [0.3, 0.4) is 0 Å². The molecule has 3 unspecified atom stereocenters. The average molecular weight is 376 g/mol. The van der Waals surface area contributed by atoms with Crippen molar-refractivity contribution in [2.75, 3.05) is 27.8 Å². The molecule has 0 spiro atoms. The maximum Gasteiger partial charge on any atom is 0.306 e. The zero-order valence-corrected chi connectivity index (χ0v) is 17.1. The first-order chi connectivity index (χ1) is 13.0. The molecular weight excluding hydrogens is 342 g/mol. The number of esters is 1. The Bertz CT molecular complexity index is 662. The first-order valence-corrected chi connectivity index (χ1v) is 10.2. The van der Waals surface area contributed by atoms with E-state index in [1.807, 2.05) is 6.07 Å². The average Bonchev–Trinajstić information content (AvgIpc) is 3.03. The number of carbonyl (C=O) groups is 1. The number of benzene rings is 1. The van der Waals surface area contributed by atoms with Crippen LogP contribution in [0.5, 0.6) is 11.5 Å². The highest BCUT2D eigenvalue weighted by Crippen LogP contribution is 2.50. The molecule has 2 aliphatic rings. The fourth-order valence-corrected chi connectivity index (χ4v) is 4.90. The molecule has 3 rings (SSSR count). The Balaban J connectivity index is 1.79. The van der Waals surface area contributed by atoms with Gasteiger partial charge in [0.05, 0.1) is 14.2 Å². The zero-order valence-electron chi connectivity index (χ0n) is 17.1. The van der Waals surface area contributed by atoms with Crippen LogP contribution >= 0.6 is 0 Å². The largest absolute Gasteiger partial charge is 0.493 e.